The Morgan fingerprint density at radius 3 is 1.88 bits per heavy atom. The van der Waals surface area contributed by atoms with Gasteiger partial charge in [0, 0.05) is 6.54 Å². The number of hydrogen-bond donors (Lipinski definition) is 1. The molecular formula is C16H29N. The zero-order chi connectivity index (χ0) is 13.1. The monoisotopic (exact) mass is 235 g/mol. The highest BCUT2D eigenvalue weighted by molar-refractivity contribution is 5.05. The molecule has 0 saturated heterocycles. The average Bonchev–Trinajstić information content (AvgIpc) is 2.25. The van der Waals surface area contributed by atoms with E-state index in [-0.39, 0.29) is 0 Å². The van der Waals surface area contributed by atoms with E-state index in [2.05, 4.69) is 51.2 Å². The van der Waals surface area contributed by atoms with Gasteiger partial charge < -0.3 is 5.32 Å². The molecule has 0 aromatic heterocycles. The molecule has 0 saturated carbocycles. The second-order valence-corrected chi connectivity index (χ2v) is 5.02. The Morgan fingerprint density at radius 1 is 0.824 bits per heavy atom. The summed E-state index contributed by atoms with van der Waals surface area (Å²) in [6.07, 6.45) is 11.7. The van der Waals surface area contributed by atoms with Gasteiger partial charge in [0.05, 0.1) is 0 Å². The van der Waals surface area contributed by atoms with E-state index in [4.69, 9.17) is 0 Å². The average molecular weight is 235 g/mol. The first-order chi connectivity index (χ1) is 8.06. The van der Waals surface area contributed by atoms with Crippen LogP contribution in [0.3, 0.4) is 0 Å². The molecule has 0 unspecified atom stereocenters. The van der Waals surface area contributed by atoms with Crippen molar-refractivity contribution in [1.29, 1.82) is 0 Å². The Kier molecular flexibility index (Phi) is 9.84. The second kappa shape index (κ2) is 10.3. The first-order valence-corrected chi connectivity index (χ1v) is 6.65. The fourth-order valence-corrected chi connectivity index (χ4v) is 1.62. The van der Waals surface area contributed by atoms with Gasteiger partial charge in [-0.1, -0.05) is 34.9 Å². The smallest absolute Gasteiger partial charge is 0.0134 e. The van der Waals surface area contributed by atoms with Gasteiger partial charge >= 0.3 is 0 Å². The molecule has 0 amide bonds. The molecule has 0 fully saturated rings. The van der Waals surface area contributed by atoms with Crippen LogP contribution in [0, 0.1) is 0 Å². The molecule has 0 aliphatic rings. The van der Waals surface area contributed by atoms with E-state index in [1.807, 2.05) is 7.05 Å². The number of allylic oxidation sites excluding steroid dienone is 5. The summed E-state index contributed by atoms with van der Waals surface area (Å²) in [4.78, 5) is 0. The quantitative estimate of drug-likeness (QED) is 0.605. The molecule has 1 nitrogen and oxygen atoms in total. The minimum Gasteiger partial charge on any atom is -0.316 e. The molecule has 0 rings (SSSR count). The third-order valence-corrected chi connectivity index (χ3v) is 2.78. The lowest BCUT2D eigenvalue weighted by Crippen LogP contribution is -2.04. The summed E-state index contributed by atoms with van der Waals surface area (Å²) in [6.45, 7) is 9.76. The molecule has 1 N–H and O–H groups in total. The molecule has 17 heavy (non-hydrogen) atoms. The second-order valence-electron chi connectivity index (χ2n) is 5.02. The van der Waals surface area contributed by atoms with E-state index in [9.17, 15) is 0 Å². The van der Waals surface area contributed by atoms with Crippen LogP contribution in [0.5, 0.6) is 0 Å². The maximum atomic E-state index is 3.14. The van der Waals surface area contributed by atoms with Gasteiger partial charge in [-0.25, -0.2) is 0 Å². The molecule has 98 valence electrons. The van der Waals surface area contributed by atoms with Crippen LogP contribution in [0.4, 0.5) is 0 Å². The minimum atomic E-state index is 0.981. The van der Waals surface area contributed by atoms with Crippen LogP contribution in [0.2, 0.25) is 0 Å². The van der Waals surface area contributed by atoms with Gasteiger partial charge in [0.15, 0.2) is 0 Å². The van der Waals surface area contributed by atoms with Crippen molar-refractivity contribution in [1.82, 2.24) is 5.32 Å². The summed E-state index contributed by atoms with van der Waals surface area (Å²) in [6, 6.07) is 0. The zero-order valence-electron chi connectivity index (χ0n) is 12.3. The topological polar surface area (TPSA) is 12.0 Å². The van der Waals surface area contributed by atoms with Crippen molar-refractivity contribution >= 4 is 0 Å². The number of rotatable bonds is 8. The molecule has 0 radical (unpaired) electrons. The van der Waals surface area contributed by atoms with Crippen molar-refractivity contribution in [3.8, 4) is 0 Å². The number of nitrogens with one attached hydrogen (secondary N) is 1. The standard InChI is InChI=1S/C16H29N/c1-14(2)8-6-9-15(3)10-7-11-16(4)12-13-17-5/h8,10,12,17H,6-7,9,11,13H2,1-5H3/b15-10+,16-12+. The predicted molar refractivity (Wildman–Crippen MR) is 79.3 cm³/mol. The van der Waals surface area contributed by atoms with Crippen LogP contribution in [-0.4, -0.2) is 13.6 Å². The Balaban J connectivity index is 3.80. The Bertz CT molecular complexity index is 278. The molecule has 0 aromatic carbocycles. The molecule has 0 spiro atoms. The van der Waals surface area contributed by atoms with E-state index in [0.717, 1.165) is 6.54 Å². The zero-order valence-corrected chi connectivity index (χ0v) is 12.3. The van der Waals surface area contributed by atoms with Crippen molar-refractivity contribution in [2.24, 2.45) is 0 Å². The van der Waals surface area contributed by atoms with E-state index in [0.29, 0.717) is 0 Å². The SMILES string of the molecule is CNC/C=C(\C)CC/C=C(\C)CCC=C(C)C. The van der Waals surface area contributed by atoms with Gasteiger partial charge in [0.25, 0.3) is 0 Å². The lowest BCUT2D eigenvalue weighted by molar-refractivity contribution is 0.883. The van der Waals surface area contributed by atoms with Gasteiger partial charge in [0.1, 0.15) is 0 Å². The summed E-state index contributed by atoms with van der Waals surface area (Å²) in [5, 5.41) is 3.14. The summed E-state index contributed by atoms with van der Waals surface area (Å²) in [5.74, 6) is 0. The van der Waals surface area contributed by atoms with Crippen LogP contribution in [0.25, 0.3) is 0 Å². The Labute approximate surface area is 108 Å². The summed E-state index contributed by atoms with van der Waals surface area (Å²) in [5.41, 5.74) is 4.42. The Morgan fingerprint density at radius 2 is 1.35 bits per heavy atom. The molecule has 0 atom stereocenters. The van der Waals surface area contributed by atoms with Crippen LogP contribution in [0.1, 0.15) is 53.4 Å². The van der Waals surface area contributed by atoms with Gasteiger partial charge in [0.2, 0.25) is 0 Å². The van der Waals surface area contributed by atoms with Crippen molar-refractivity contribution in [2.45, 2.75) is 53.4 Å². The minimum absolute atomic E-state index is 0.981. The van der Waals surface area contributed by atoms with Crippen LogP contribution in [-0.2, 0) is 0 Å². The third kappa shape index (κ3) is 11.4. The molecule has 0 aliphatic heterocycles. The lowest BCUT2D eigenvalue weighted by atomic mass is 10.1. The van der Waals surface area contributed by atoms with Gasteiger partial charge in [-0.3, -0.25) is 0 Å². The normalized spacial score (nSPS) is 12.8. The highest BCUT2D eigenvalue weighted by atomic mass is 14.8. The maximum absolute atomic E-state index is 3.14. The number of hydrogen-bond acceptors (Lipinski definition) is 1. The lowest BCUT2D eigenvalue weighted by Gasteiger charge is -2.01. The van der Waals surface area contributed by atoms with Crippen LogP contribution in [0.15, 0.2) is 34.9 Å². The van der Waals surface area contributed by atoms with Crippen LogP contribution >= 0.6 is 0 Å². The van der Waals surface area contributed by atoms with Gasteiger partial charge in [-0.2, -0.15) is 0 Å². The van der Waals surface area contributed by atoms with Crippen molar-refractivity contribution in [3.05, 3.63) is 34.9 Å². The Hall–Kier alpha value is -0.820. The highest BCUT2D eigenvalue weighted by Crippen LogP contribution is 2.10. The molecule has 0 bridgehead atoms. The maximum Gasteiger partial charge on any atom is 0.0134 e. The van der Waals surface area contributed by atoms with Gasteiger partial charge in [-0.05, 0) is 60.4 Å². The van der Waals surface area contributed by atoms with Gasteiger partial charge in [-0.15, -0.1) is 0 Å². The van der Waals surface area contributed by atoms with E-state index >= 15 is 0 Å². The predicted octanol–water partition coefficient (Wildman–Crippen LogP) is 4.63. The first kappa shape index (κ1) is 16.2. The van der Waals surface area contributed by atoms with Crippen LogP contribution < -0.4 is 5.32 Å². The largest absolute Gasteiger partial charge is 0.316 e. The summed E-state index contributed by atoms with van der Waals surface area (Å²) >= 11 is 0. The highest BCUT2D eigenvalue weighted by Gasteiger charge is 1.91. The van der Waals surface area contributed by atoms with Crippen molar-refractivity contribution in [3.63, 3.8) is 0 Å². The number of likely N-dealkylation sites (N-methyl/N-ethyl adjacent to an activating group) is 1. The summed E-state index contributed by atoms with van der Waals surface area (Å²) in [7, 11) is 1.98. The fraction of sp³-hybridized carbons (Fsp3) is 0.625. The van der Waals surface area contributed by atoms with E-state index in [1.165, 1.54) is 42.4 Å². The van der Waals surface area contributed by atoms with E-state index < -0.39 is 0 Å². The molecule has 0 heterocycles. The molecular weight excluding hydrogens is 206 g/mol. The molecule has 1 heteroatoms. The first-order valence-electron chi connectivity index (χ1n) is 6.65. The van der Waals surface area contributed by atoms with E-state index in [1.54, 1.807) is 0 Å². The molecule has 0 aromatic rings. The van der Waals surface area contributed by atoms with Crippen molar-refractivity contribution < 1.29 is 0 Å². The third-order valence-electron chi connectivity index (χ3n) is 2.78. The summed E-state index contributed by atoms with van der Waals surface area (Å²) < 4.78 is 0. The molecule has 0 aliphatic carbocycles. The fourth-order valence-electron chi connectivity index (χ4n) is 1.62. The van der Waals surface area contributed by atoms with Crippen molar-refractivity contribution in [2.75, 3.05) is 13.6 Å².